The molecule has 0 fully saturated rings. The fraction of sp³-hybridized carbons (Fsp3) is 0.875. The van der Waals surface area contributed by atoms with Gasteiger partial charge in [-0.1, -0.05) is 6.92 Å². The lowest BCUT2D eigenvalue weighted by Crippen LogP contribution is -2.18. The Morgan fingerprint density at radius 2 is 2.00 bits per heavy atom. The maximum Gasteiger partial charge on any atom is 0.0745 e. The molecule has 0 unspecified atom stereocenters. The van der Waals surface area contributed by atoms with E-state index in [0.717, 1.165) is 6.42 Å². The Hall–Kier alpha value is -0.370. The number of nitrogens with zero attached hydrogens (tertiary/aromatic N) is 1. The predicted molar refractivity (Wildman–Crippen MR) is 44.7 cm³/mol. The lowest BCUT2D eigenvalue weighted by Gasteiger charge is -2.15. The van der Waals surface area contributed by atoms with Gasteiger partial charge in [0.05, 0.1) is 18.8 Å². The topological polar surface area (TPSA) is 21.6 Å². The van der Waals surface area contributed by atoms with E-state index in [1.54, 1.807) is 0 Å². The summed E-state index contributed by atoms with van der Waals surface area (Å²) in [6.45, 7) is 10.3. The molecule has 10 heavy (non-hydrogen) atoms. The zero-order valence-corrected chi connectivity index (χ0v) is 7.13. The lowest BCUT2D eigenvalue weighted by atomic mass is 10.3. The van der Waals surface area contributed by atoms with Gasteiger partial charge in [0.1, 0.15) is 0 Å². The van der Waals surface area contributed by atoms with Crippen molar-refractivity contribution >= 4 is 6.72 Å². The van der Waals surface area contributed by atoms with Gasteiger partial charge < -0.3 is 4.74 Å². The highest BCUT2D eigenvalue weighted by Crippen LogP contribution is 2.01. The van der Waals surface area contributed by atoms with Crippen LogP contribution in [0.4, 0.5) is 0 Å². The van der Waals surface area contributed by atoms with Gasteiger partial charge in [0.2, 0.25) is 0 Å². The molecule has 0 spiro atoms. The van der Waals surface area contributed by atoms with Crippen LogP contribution in [0, 0.1) is 0 Å². The zero-order chi connectivity index (χ0) is 7.98. The normalized spacial score (nSPS) is 16.3. The number of hydrogen-bond donors (Lipinski definition) is 0. The average molecular weight is 143 g/mol. The molecule has 0 heterocycles. The fourth-order valence-corrected chi connectivity index (χ4v) is 0.718. The molecule has 0 aromatic rings. The molecule has 2 heteroatoms. The summed E-state index contributed by atoms with van der Waals surface area (Å²) in [4.78, 5) is 3.75. The second-order valence-electron chi connectivity index (χ2n) is 2.57. The third-order valence-corrected chi connectivity index (χ3v) is 1.43. The SMILES string of the molecule is C=NC[C@@H](C)O[C@H](C)CC. The smallest absolute Gasteiger partial charge is 0.0745 e. The molecule has 0 aliphatic rings. The first-order chi connectivity index (χ1) is 4.70. The van der Waals surface area contributed by atoms with E-state index in [0.29, 0.717) is 12.6 Å². The standard InChI is InChI=1S/C8H17NO/c1-5-7(2)10-8(3)6-9-4/h7-8H,4-6H2,1-3H3/t7-,8-/m1/s1. The summed E-state index contributed by atoms with van der Waals surface area (Å²) >= 11 is 0. The highest BCUT2D eigenvalue weighted by molar-refractivity contribution is 5.23. The van der Waals surface area contributed by atoms with Crippen molar-refractivity contribution in [1.82, 2.24) is 0 Å². The van der Waals surface area contributed by atoms with E-state index >= 15 is 0 Å². The molecule has 0 aromatic heterocycles. The number of ether oxygens (including phenoxy) is 1. The van der Waals surface area contributed by atoms with Crippen molar-refractivity contribution in [2.24, 2.45) is 4.99 Å². The van der Waals surface area contributed by atoms with Crippen molar-refractivity contribution in [3.63, 3.8) is 0 Å². The second kappa shape index (κ2) is 5.42. The summed E-state index contributed by atoms with van der Waals surface area (Å²) in [6, 6.07) is 0. The van der Waals surface area contributed by atoms with E-state index in [9.17, 15) is 0 Å². The van der Waals surface area contributed by atoms with Gasteiger partial charge in [-0.3, -0.25) is 4.99 Å². The molecule has 0 saturated carbocycles. The van der Waals surface area contributed by atoms with E-state index in [2.05, 4.69) is 25.6 Å². The van der Waals surface area contributed by atoms with Gasteiger partial charge in [0, 0.05) is 0 Å². The van der Waals surface area contributed by atoms with Crippen LogP contribution in [0.2, 0.25) is 0 Å². The minimum Gasteiger partial charge on any atom is -0.374 e. The van der Waals surface area contributed by atoms with E-state index < -0.39 is 0 Å². The maximum absolute atomic E-state index is 5.51. The molecule has 0 aromatic carbocycles. The first-order valence-electron chi connectivity index (χ1n) is 3.78. The van der Waals surface area contributed by atoms with Crippen LogP contribution >= 0.6 is 0 Å². The maximum atomic E-state index is 5.51. The first kappa shape index (κ1) is 9.63. The van der Waals surface area contributed by atoms with Crippen molar-refractivity contribution < 1.29 is 4.74 Å². The van der Waals surface area contributed by atoms with Gasteiger partial charge in [-0.15, -0.1) is 0 Å². The van der Waals surface area contributed by atoms with Crippen LogP contribution in [0.3, 0.4) is 0 Å². The summed E-state index contributed by atoms with van der Waals surface area (Å²) in [5, 5.41) is 0. The monoisotopic (exact) mass is 143 g/mol. The molecule has 60 valence electrons. The summed E-state index contributed by atoms with van der Waals surface area (Å²) in [6.07, 6.45) is 1.62. The highest BCUT2D eigenvalue weighted by atomic mass is 16.5. The number of aliphatic imine (C=N–C) groups is 1. The summed E-state index contributed by atoms with van der Waals surface area (Å²) in [5.74, 6) is 0. The second-order valence-corrected chi connectivity index (χ2v) is 2.57. The molecular formula is C8H17NO. The van der Waals surface area contributed by atoms with Gasteiger partial charge in [-0.2, -0.15) is 0 Å². The summed E-state index contributed by atoms with van der Waals surface area (Å²) < 4.78 is 5.51. The van der Waals surface area contributed by atoms with Crippen LogP contribution in [0.15, 0.2) is 4.99 Å². The Balaban J connectivity index is 3.35. The van der Waals surface area contributed by atoms with Gasteiger partial charge in [-0.25, -0.2) is 0 Å². The van der Waals surface area contributed by atoms with Crippen LogP contribution in [-0.2, 0) is 4.74 Å². The van der Waals surface area contributed by atoms with Crippen LogP contribution in [-0.4, -0.2) is 25.5 Å². The molecule has 0 aliphatic carbocycles. The zero-order valence-electron chi connectivity index (χ0n) is 7.13. The van der Waals surface area contributed by atoms with E-state index in [-0.39, 0.29) is 6.10 Å². The first-order valence-corrected chi connectivity index (χ1v) is 3.78. The largest absolute Gasteiger partial charge is 0.374 e. The van der Waals surface area contributed by atoms with Crippen LogP contribution < -0.4 is 0 Å². The van der Waals surface area contributed by atoms with Crippen LogP contribution in [0.25, 0.3) is 0 Å². The highest BCUT2D eigenvalue weighted by Gasteiger charge is 2.04. The molecule has 0 amide bonds. The third kappa shape index (κ3) is 4.50. The summed E-state index contributed by atoms with van der Waals surface area (Å²) in [7, 11) is 0. The van der Waals surface area contributed by atoms with Crippen LogP contribution in [0.5, 0.6) is 0 Å². The Labute approximate surface area is 63.3 Å². The van der Waals surface area contributed by atoms with Crippen molar-refractivity contribution in [1.29, 1.82) is 0 Å². The quantitative estimate of drug-likeness (QED) is 0.538. The van der Waals surface area contributed by atoms with Crippen molar-refractivity contribution in [3.8, 4) is 0 Å². The molecule has 2 atom stereocenters. The van der Waals surface area contributed by atoms with Gasteiger partial charge in [0.15, 0.2) is 0 Å². The Kier molecular flexibility index (Phi) is 5.22. The Bertz CT molecular complexity index is 93.3. The van der Waals surface area contributed by atoms with Crippen molar-refractivity contribution in [2.45, 2.75) is 39.4 Å². The lowest BCUT2D eigenvalue weighted by molar-refractivity contribution is 0.0122. The minimum atomic E-state index is 0.215. The number of rotatable bonds is 5. The minimum absolute atomic E-state index is 0.215. The third-order valence-electron chi connectivity index (χ3n) is 1.43. The van der Waals surface area contributed by atoms with E-state index in [4.69, 9.17) is 4.74 Å². The molecule has 0 bridgehead atoms. The van der Waals surface area contributed by atoms with Crippen molar-refractivity contribution in [2.75, 3.05) is 6.54 Å². The molecule has 0 rings (SSSR count). The molecule has 0 N–H and O–H groups in total. The van der Waals surface area contributed by atoms with E-state index in [1.165, 1.54) is 0 Å². The molecule has 0 aliphatic heterocycles. The predicted octanol–water partition coefficient (Wildman–Crippen LogP) is 1.89. The molecule has 2 nitrogen and oxygen atoms in total. The van der Waals surface area contributed by atoms with Gasteiger partial charge >= 0.3 is 0 Å². The Morgan fingerprint density at radius 3 is 2.40 bits per heavy atom. The van der Waals surface area contributed by atoms with Crippen molar-refractivity contribution in [3.05, 3.63) is 0 Å². The molecular weight excluding hydrogens is 126 g/mol. The molecule has 0 saturated heterocycles. The Morgan fingerprint density at radius 1 is 1.40 bits per heavy atom. The van der Waals surface area contributed by atoms with Gasteiger partial charge in [0.25, 0.3) is 0 Å². The fourth-order valence-electron chi connectivity index (χ4n) is 0.718. The number of hydrogen-bond acceptors (Lipinski definition) is 2. The average Bonchev–Trinajstić information content (AvgIpc) is 1.88. The van der Waals surface area contributed by atoms with E-state index in [1.807, 2.05) is 6.92 Å². The molecule has 0 radical (unpaired) electrons. The summed E-state index contributed by atoms with van der Waals surface area (Å²) in [5.41, 5.74) is 0. The van der Waals surface area contributed by atoms with Gasteiger partial charge in [-0.05, 0) is 27.0 Å². The van der Waals surface area contributed by atoms with Crippen LogP contribution in [0.1, 0.15) is 27.2 Å².